The van der Waals surface area contributed by atoms with Crippen LogP contribution in [0.1, 0.15) is 29.9 Å². The van der Waals surface area contributed by atoms with Gasteiger partial charge in [0, 0.05) is 23.5 Å². The van der Waals surface area contributed by atoms with E-state index in [9.17, 15) is 4.39 Å². The molecule has 21 heavy (non-hydrogen) atoms. The molecule has 1 heterocycles. The highest BCUT2D eigenvalue weighted by Crippen LogP contribution is 2.27. The van der Waals surface area contributed by atoms with E-state index in [0.717, 1.165) is 28.0 Å². The van der Waals surface area contributed by atoms with Crippen LogP contribution in [0.2, 0.25) is 5.02 Å². The number of benzene rings is 1. The van der Waals surface area contributed by atoms with Gasteiger partial charge in [-0.05, 0) is 44.7 Å². The minimum Gasteiger partial charge on any atom is -0.313 e. The van der Waals surface area contributed by atoms with E-state index in [0.29, 0.717) is 11.4 Å². The Morgan fingerprint density at radius 3 is 2.71 bits per heavy atom. The topological polar surface area (TPSA) is 29.9 Å². The van der Waals surface area contributed by atoms with Gasteiger partial charge in [0.15, 0.2) is 0 Å². The number of nitrogens with zero attached hydrogens (tertiary/aromatic N) is 2. The van der Waals surface area contributed by atoms with Gasteiger partial charge in [-0.3, -0.25) is 4.68 Å². The van der Waals surface area contributed by atoms with Crippen LogP contribution in [0.5, 0.6) is 0 Å². The Hall–Kier alpha value is -0.910. The van der Waals surface area contributed by atoms with Gasteiger partial charge in [-0.15, -0.1) is 0 Å². The number of hydrogen-bond acceptors (Lipinski definition) is 2. The van der Waals surface area contributed by atoms with Crippen molar-refractivity contribution in [3.8, 4) is 0 Å². The van der Waals surface area contributed by atoms with Crippen molar-refractivity contribution in [3.63, 3.8) is 0 Å². The van der Waals surface area contributed by atoms with Gasteiger partial charge >= 0.3 is 0 Å². The van der Waals surface area contributed by atoms with Crippen molar-refractivity contribution in [2.24, 2.45) is 0 Å². The van der Waals surface area contributed by atoms with Gasteiger partial charge < -0.3 is 5.32 Å². The minimum absolute atomic E-state index is 0.0316. The van der Waals surface area contributed by atoms with E-state index in [1.807, 2.05) is 31.6 Å². The number of rotatable bonds is 5. The van der Waals surface area contributed by atoms with Gasteiger partial charge in [-0.1, -0.05) is 27.5 Å². The van der Waals surface area contributed by atoms with Crippen LogP contribution in [0.25, 0.3) is 0 Å². The van der Waals surface area contributed by atoms with E-state index < -0.39 is 0 Å². The number of aryl methyl sites for hydroxylation is 2. The molecule has 0 aliphatic carbocycles. The predicted octanol–water partition coefficient (Wildman–Crippen LogP) is 4.27. The molecule has 1 aromatic heterocycles. The van der Waals surface area contributed by atoms with Gasteiger partial charge in [-0.25, -0.2) is 4.39 Å². The smallest absolute Gasteiger partial charge is 0.124 e. The molecule has 0 radical (unpaired) electrons. The molecule has 1 aromatic carbocycles. The van der Waals surface area contributed by atoms with E-state index in [-0.39, 0.29) is 11.9 Å². The van der Waals surface area contributed by atoms with E-state index in [1.165, 1.54) is 6.07 Å². The lowest BCUT2D eigenvalue weighted by Gasteiger charge is -2.18. The Kier molecular flexibility index (Phi) is 5.41. The van der Waals surface area contributed by atoms with Crippen LogP contribution in [0.3, 0.4) is 0 Å². The second-order valence-corrected chi connectivity index (χ2v) is 6.20. The first-order valence-corrected chi connectivity index (χ1v) is 7.98. The maximum atomic E-state index is 13.6. The van der Waals surface area contributed by atoms with Gasteiger partial charge in [0.2, 0.25) is 0 Å². The quantitative estimate of drug-likeness (QED) is 0.847. The third-order valence-electron chi connectivity index (χ3n) is 3.49. The molecule has 1 atom stereocenters. The molecule has 114 valence electrons. The average molecular weight is 375 g/mol. The lowest BCUT2D eigenvalue weighted by molar-refractivity contribution is 0.536. The first kappa shape index (κ1) is 16.5. The summed E-state index contributed by atoms with van der Waals surface area (Å²) < 4.78 is 16.2. The fourth-order valence-electron chi connectivity index (χ4n) is 2.42. The van der Waals surface area contributed by atoms with Crippen molar-refractivity contribution in [3.05, 3.63) is 50.5 Å². The van der Waals surface area contributed by atoms with Crippen molar-refractivity contribution in [2.45, 2.75) is 32.9 Å². The van der Waals surface area contributed by atoms with Crippen molar-refractivity contribution in [1.29, 1.82) is 0 Å². The lowest BCUT2D eigenvalue weighted by atomic mass is 10.0. The van der Waals surface area contributed by atoms with E-state index in [1.54, 1.807) is 6.07 Å². The van der Waals surface area contributed by atoms with Gasteiger partial charge in [0.1, 0.15) is 5.82 Å². The average Bonchev–Trinajstić information content (AvgIpc) is 2.70. The largest absolute Gasteiger partial charge is 0.313 e. The summed E-state index contributed by atoms with van der Waals surface area (Å²) in [6.45, 7) is 4.68. The zero-order valence-electron chi connectivity index (χ0n) is 12.3. The Morgan fingerprint density at radius 1 is 1.43 bits per heavy atom. The van der Waals surface area contributed by atoms with E-state index in [2.05, 4.69) is 26.3 Å². The molecule has 6 heteroatoms. The third kappa shape index (κ3) is 3.65. The summed E-state index contributed by atoms with van der Waals surface area (Å²) in [6, 6.07) is 4.87. The summed E-state index contributed by atoms with van der Waals surface area (Å²) in [6.07, 6.45) is 0.653. The van der Waals surface area contributed by atoms with Crippen LogP contribution in [0.15, 0.2) is 22.7 Å². The normalized spacial score (nSPS) is 12.7. The molecule has 0 amide bonds. The standard InChI is InChI=1S/C15H18BrClFN3/c1-4-21-14(15(17)9(2)20-21)8-13(19-3)10-5-11(16)7-12(18)6-10/h5-7,13,19H,4,8H2,1-3H3. The molecule has 1 unspecified atom stereocenters. The van der Waals surface area contributed by atoms with Crippen molar-refractivity contribution < 1.29 is 4.39 Å². The predicted molar refractivity (Wildman–Crippen MR) is 87.3 cm³/mol. The Labute approximate surface area is 137 Å². The number of aromatic nitrogens is 2. The maximum absolute atomic E-state index is 13.6. The number of likely N-dealkylation sites (N-methyl/N-ethyl adjacent to an activating group) is 1. The second-order valence-electron chi connectivity index (χ2n) is 4.91. The molecule has 0 saturated carbocycles. The van der Waals surface area contributed by atoms with Crippen LogP contribution in [0.4, 0.5) is 4.39 Å². The summed E-state index contributed by atoms with van der Waals surface area (Å²) in [5.41, 5.74) is 2.67. The zero-order chi connectivity index (χ0) is 15.6. The van der Waals surface area contributed by atoms with Crippen molar-refractivity contribution in [1.82, 2.24) is 15.1 Å². The molecule has 3 nitrogen and oxygen atoms in total. The molecule has 0 spiro atoms. The first-order valence-electron chi connectivity index (χ1n) is 6.81. The molecule has 2 rings (SSSR count). The van der Waals surface area contributed by atoms with Gasteiger partial charge in [0.05, 0.1) is 16.4 Å². The lowest BCUT2D eigenvalue weighted by Crippen LogP contribution is -2.21. The van der Waals surface area contributed by atoms with E-state index in [4.69, 9.17) is 11.6 Å². The summed E-state index contributed by atoms with van der Waals surface area (Å²) in [5.74, 6) is -0.258. The summed E-state index contributed by atoms with van der Waals surface area (Å²) in [7, 11) is 1.86. The Bertz CT molecular complexity index is 622. The molecule has 0 fully saturated rings. The van der Waals surface area contributed by atoms with Crippen LogP contribution in [0, 0.1) is 12.7 Å². The van der Waals surface area contributed by atoms with Gasteiger partial charge in [0.25, 0.3) is 0 Å². The van der Waals surface area contributed by atoms with E-state index >= 15 is 0 Å². The zero-order valence-corrected chi connectivity index (χ0v) is 14.6. The molecule has 0 aliphatic heterocycles. The molecule has 1 N–H and O–H groups in total. The maximum Gasteiger partial charge on any atom is 0.124 e. The second kappa shape index (κ2) is 6.90. The molecular formula is C15H18BrClFN3. The summed E-state index contributed by atoms with van der Waals surface area (Å²) in [4.78, 5) is 0. The number of hydrogen-bond donors (Lipinski definition) is 1. The molecule has 0 bridgehead atoms. The highest BCUT2D eigenvalue weighted by atomic mass is 79.9. The van der Waals surface area contributed by atoms with Crippen LogP contribution < -0.4 is 5.32 Å². The Balaban J connectivity index is 2.35. The highest BCUT2D eigenvalue weighted by Gasteiger charge is 2.19. The summed E-state index contributed by atoms with van der Waals surface area (Å²) in [5, 5.41) is 8.33. The number of nitrogens with one attached hydrogen (secondary N) is 1. The molecular weight excluding hydrogens is 357 g/mol. The highest BCUT2D eigenvalue weighted by molar-refractivity contribution is 9.10. The van der Waals surface area contributed by atoms with Crippen LogP contribution in [-0.2, 0) is 13.0 Å². The summed E-state index contributed by atoms with van der Waals surface area (Å²) >= 11 is 9.68. The fraction of sp³-hybridized carbons (Fsp3) is 0.400. The molecule has 0 aliphatic rings. The third-order valence-corrected chi connectivity index (χ3v) is 4.44. The monoisotopic (exact) mass is 373 g/mol. The minimum atomic E-state index is -0.258. The SMILES string of the molecule is CCn1nc(C)c(Cl)c1CC(NC)c1cc(F)cc(Br)c1. The number of halogens is 3. The van der Waals surface area contributed by atoms with Crippen LogP contribution >= 0.6 is 27.5 Å². The fourth-order valence-corrected chi connectivity index (χ4v) is 3.12. The molecule has 0 saturated heterocycles. The van der Waals surface area contributed by atoms with Crippen molar-refractivity contribution in [2.75, 3.05) is 7.05 Å². The van der Waals surface area contributed by atoms with Gasteiger partial charge in [-0.2, -0.15) is 5.10 Å². The van der Waals surface area contributed by atoms with Crippen molar-refractivity contribution >= 4 is 27.5 Å². The first-order chi connectivity index (χ1) is 9.96. The Morgan fingerprint density at radius 2 is 2.14 bits per heavy atom. The van der Waals surface area contributed by atoms with Crippen LogP contribution in [-0.4, -0.2) is 16.8 Å². The molecule has 2 aromatic rings.